The number of fused-ring (bicyclic) bond motifs is 3. The summed E-state index contributed by atoms with van der Waals surface area (Å²) in [5.74, 6) is -1.08. The molecule has 2 aliphatic carbocycles. The number of hydrogen-bond donors (Lipinski definition) is 2. The van der Waals surface area contributed by atoms with Crippen molar-refractivity contribution in [3.63, 3.8) is 0 Å². The zero-order chi connectivity index (χ0) is 24.4. The van der Waals surface area contributed by atoms with Crippen molar-refractivity contribution in [3.05, 3.63) is 59.7 Å². The predicted octanol–water partition coefficient (Wildman–Crippen LogP) is 4.55. The summed E-state index contributed by atoms with van der Waals surface area (Å²) in [4.78, 5) is 39.0. The van der Waals surface area contributed by atoms with E-state index in [0.717, 1.165) is 43.2 Å². The van der Waals surface area contributed by atoms with Crippen LogP contribution < -0.4 is 5.32 Å². The molecule has 0 spiro atoms. The van der Waals surface area contributed by atoms with Gasteiger partial charge in [0.1, 0.15) is 6.61 Å². The number of ether oxygens (including phenoxy) is 1. The Morgan fingerprint density at radius 2 is 1.63 bits per heavy atom. The Kier molecular flexibility index (Phi) is 6.75. The number of aliphatic carboxylic acids is 1. The molecule has 3 atom stereocenters. The van der Waals surface area contributed by atoms with E-state index in [-0.39, 0.29) is 42.9 Å². The van der Waals surface area contributed by atoms with Gasteiger partial charge in [-0.2, -0.15) is 0 Å². The Hall–Kier alpha value is -3.35. The largest absolute Gasteiger partial charge is 0.481 e. The van der Waals surface area contributed by atoms with Crippen LogP contribution in [0.25, 0.3) is 11.1 Å². The fourth-order valence-electron chi connectivity index (χ4n) is 6.15. The molecule has 5 rings (SSSR count). The van der Waals surface area contributed by atoms with Gasteiger partial charge in [0.15, 0.2) is 0 Å². The van der Waals surface area contributed by atoms with Gasteiger partial charge in [0, 0.05) is 31.0 Å². The van der Waals surface area contributed by atoms with Crippen LogP contribution in [0.3, 0.4) is 0 Å². The zero-order valence-corrected chi connectivity index (χ0v) is 19.8. The number of carboxylic acid groups (broad SMARTS) is 1. The third-order valence-electron chi connectivity index (χ3n) is 7.83. The van der Waals surface area contributed by atoms with Gasteiger partial charge in [-0.25, -0.2) is 4.79 Å². The van der Waals surface area contributed by atoms with Gasteiger partial charge in [-0.15, -0.1) is 0 Å². The summed E-state index contributed by atoms with van der Waals surface area (Å²) >= 11 is 0. The quantitative estimate of drug-likeness (QED) is 0.611. The van der Waals surface area contributed by atoms with E-state index in [4.69, 9.17) is 9.84 Å². The van der Waals surface area contributed by atoms with Crippen molar-refractivity contribution >= 4 is 18.0 Å². The summed E-state index contributed by atoms with van der Waals surface area (Å²) in [6.07, 6.45) is 4.16. The van der Waals surface area contributed by atoms with E-state index in [0.29, 0.717) is 13.0 Å². The van der Waals surface area contributed by atoms with Crippen LogP contribution in [0.4, 0.5) is 4.79 Å². The van der Waals surface area contributed by atoms with Crippen LogP contribution in [0.1, 0.15) is 62.0 Å². The molecule has 2 aromatic carbocycles. The molecular formula is C28H32N2O5. The van der Waals surface area contributed by atoms with Crippen LogP contribution in [-0.2, 0) is 14.3 Å². The Bertz CT molecular complexity index is 1070. The second-order valence-corrected chi connectivity index (χ2v) is 9.87. The highest BCUT2D eigenvalue weighted by Crippen LogP contribution is 2.44. The Labute approximate surface area is 205 Å². The van der Waals surface area contributed by atoms with Crippen molar-refractivity contribution in [2.75, 3.05) is 13.2 Å². The first-order chi connectivity index (χ1) is 17.0. The molecule has 1 unspecified atom stereocenters. The van der Waals surface area contributed by atoms with Gasteiger partial charge in [0.05, 0.1) is 5.92 Å². The summed E-state index contributed by atoms with van der Waals surface area (Å²) < 4.78 is 5.70. The number of rotatable bonds is 7. The lowest BCUT2D eigenvalue weighted by atomic mass is 9.98. The van der Waals surface area contributed by atoms with Crippen LogP contribution >= 0.6 is 0 Å². The fourth-order valence-corrected chi connectivity index (χ4v) is 6.15. The molecule has 1 heterocycles. The van der Waals surface area contributed by atoms with Crippen molar-refractivity contribution in [2.24, 2.45) is 5.92 Å². The van der Waals surface area contributed by atoms with E-state index in [9.17, 15) is 14.4 Å². The van der Waals surface area contributed by atoms with E-state index in [2.05, 4.69) is 29.6 Å². The van der Waals surface area contributed by atoms with Crippen LogP contribution in [-0.4, -0.2) is 53.2 Å². The molecule has 0 bridgehead atoms. The summed E-state index contributed by atoms with van der Waals surface area (Å²) in [5, 5.41) is 12.0. The van der Waals surface area contributed by atoms with E-state index in [1.165, 1.54) is 11.1 Å². The normalized spacial score (nSPS) is 23.1. The maximum atomic E-state index is 13.3. The number of hydrogen-bond acceptors (Lipinski definition) is 4. The number of carbonyl (C=O) groups excluding carboxylic acids is 2. The first-order valence-electron chi connectivity index (χ1n) is 12.7. The lowest BCUT2D eigenvalue weighted by Crippen LogP contribution is -2.47. The van der Waals surface area contributed by atoms with Gasteiger partial charge >= 0.3 is 12.1 Å². The molecule has 1 saturated carbocycles. The summed E-state index contributed by atoms with van der Waals surface area (Å²) in [6, 6.07) is 16.2. The number of nitrogens with one attached hydrogen (secondary N) is 1. The Balaban J connectivity index is 1.20. The van der Waals surface area contributed by atoms with Crippen molar-refractivity contribution in [1.82, 2.24) is 10.2 Å². The first-order valence-corrected chi connectivity index (χ1v) is 12.7. The molecule has 35 heavy (non-hydrogen) atoms. The molecule has 1 saturated heterocycles. The number of nitrogens with zero attached hydrogens (tertiary/aromatic N) is 1. The standard InChI is InChI=1S/C28H32N2O5/c31-26(32)15-14-18-7-6-16-30(18)27(33)23-12-5-13-25(23)29-28(34)35-17-24-21-10-3-1-8-19(21)20-9-2-4-11-22(20)24/h1-4,8-11,18,23-25H,5-7,12-17H2,(H,29,34)(H,31,32)/t18?,23-,25+/m0/s1. The minimum atomic E-state index is -0.833. The summed E-state index contributed by atoms with van der Waals surface area (Å²) in [6.45, 7) is 0.909. The number of benzene rings is 2. The van der Waals surface area contributed by atoms with Crippen molar-refractivity contribution < 1.29 is 24.2 Å². The van der Waals surface area contributed by atoms with Crippen LogP contribution in [0, 0.1) is 5.92 Å². The number of carbonyl (C=O) groups is 3. The smallest absolute Gasteiger partial charge is 0.407 e. The summed E-state index contributed by atoms with van der Waals surface area (Å²) in [5.41, 5.74) is 4.69. The number of likely N-dealkylation sites (tertiary alicyclic amines) is 1. The van der Waals surface area contributed by atoms with Gasteiger partial charge in [0.2, 0.25) is 5.91 Å². The predicted molar refractivity (Wildman–Crippen MR) is 131 cm³/mol. The molecule has 3 aliphatic rings. The lowest BCUT2D eigenvalue weighted by molar-refractivity contribution is -0.140. The maximum absolute atomic E-state index is 13.3. The lowest BCUT2D eigenvalue weighted by Gasteiger charge is -2.30. The van der Waals surface area contributed by atoms with Crippen molar-refractivity contribution in [2.45, 2.75) is 62.9 Å². The van der Waals surface area contributed by atoms with E-state index >= 15 is 0 Å². The second-order valence-electron chi connectivity index (χ2n) is 9.87. The van der Waals surface area contributed by atoms with Gasteiger partial charge in [0.25, 0.3) is 0 Å². The topological polar surface area (TPSA) is 95.9 Å². The minimum Gasteiger partial charge on any atom is -0.481 e. The summed E-state index contributed by atoms with van der Waals surface area (Å²) in [7, 11) is 0. The monoisotopic (exact) mass is 476 g/mol. The average molecular weight is 477 g/mol. The average Bonchev–Trinajstić information content (AvgIpc) is 3.59. The highest BCUT2D eigenvalue weighted by Gasteiger charge is 2.40. The number of amides is 2. The first kappa shape index (κ1) is 23.4. The molecule has 2 aromatic rings. The maximum Gasteiger partial charge on any atom is 0.407 e. The van der Waals surface area contributed by atoms with Crippen molar-refractivity contribution in [3.8, 4) is 11.1 Å². The number of carboxylic acids is 1. The van der Waals surface area contributed by atoms with Gasteiger partial charge in [-0.3, -0.25) is 9.59 Å². The molecule has 0 radical (unpaired) electrons. The van der Waals surface area contributed by atoms with Gasteiger partial charge in [-0.05, 0) is 54.4 Å². The SMILES string of the molecule is O=C(O)CCC1CCCN1C(=O)[C@H]1CCC[C@H]1NC(=O)OCC1c2ccccc2-c2ccccc21. The van der Waals surface area contributed by atoms with E-state index in [1.54, 1.807) is 0 Å². The third kappa shape index (κ3) is 4.77. The van der Waals surface area contributed by atoms with Crippen molar-refractivity contribution in [1.29, 1.82) is 0 Å². The second kappa shape index (κ2) is 10.1. The molecule has 1 aliphatic heterocycles. The number of alkyl carbamates (subject to hydrolysis) is 1. The molecule has 2 fully saturated rings. The molecule has 7 nitrogen and oxygen atoms in total. The molecule has 0 aromatic heterocycles. The van der Waals surface area contributed by atoms with Gasteiger partial charge < -0.3 is 20.1 Å². The molecule has 7 heteroatoms. The minimum absolute atomic E-state index is 0.00579. The molecule has 2 amide bonds. The van der Waals surface area contributed by atoms with Gasteiger partial charge in [-0.1, -0.05) is 55.0 Å². The molecular weight excluding hydrogens is 444 g/mol. The Morgan fingerprint density at radius 3 is 2.31 bits per heavy atom. The fraction of sp³-hybridized carbons (Fsp3) is 0.464. The highest BCUT2D eigenvalue weighted by molar-refractivity contribution is 5.82. The van der Waals surface area contributed by atoms with E-state index < -0.39 is 12.1 Å². The van der Waals surface area contributed by atoms with Crippen LogP contribution in [0.15, 0.2) is 48.5 Å². The van der Waals surface area contributed by atoms with Crippen LogP contribution in [0.2, 0.25) is 0 Å². The Morgan fingerprint density at radius 1 is 0.943 bits per heavy atom. The highest BCUT2D eigenvalue weighted by atomic mass is 16.5. The zero-order valence-electron chi connectivity index (χ0n) is 19.8. The van der Waals surface area contributed by atoms with Crippen LogP contribution in [0.5, 0.6) is 0 Å². The molecule has 2 N–H and O–H groups in total. The molecule has 184 valence electrons. The van der Waals surface area contributed by atoms with E-state index in [1.807, 2.05) is 29.2 Å². The third-order valence-corrected chi connectivity index (χ3v) is 7.83.